The zero-order valence-corrected chi connectivity index (χ0v) is 11.7. The summed E-state index contributed by atoms with van der Waals surface area (Å²) in [6, 6.07) is 1.05. The molecule has 0 bridgehead atoms. The molecule has 1 aliphatic heterocycles. The number of rotatable bonds is 8. The first-order valence-corrected chi connectivity index (χ1v) is 8.77. The summed E-state index contributed by atoms with van der Waals surface area (Å²) in [6.07, 6.45) is 2.14. The maximum absolute atomic E-state index is 5.79. The average molecular weight is 244 g/mol. The van der Waals surface area contributed by atoms with Crippen molar-refractivity contribution in [1.82, 2.24) is 5.32 Å². The van der Waals surface area contributed by atoms with Gasteiger partial charge >= 0.3 is 8.56 Å². The second-order valence-corrected chi connectivity index (χ2v) is 7.45. The standard InChI is InChI=1S/C11H24N2O2Si/c1-4-14-16(3,15-5-2)10-6-7-11-12-8-9-13-11/h4-10H2,1-3H3,(H,12,13). The van der Waals surface area contributed by atoms with Gasteiger partial charge in [0.2, 0.25) is 0 Å². The highest BCUT2D eigenvalue weighted by Gasteiger charge is 2.30. The molecule has 0 saturated carbocycles. The Morgan fingerprint density at radius 2 is 2.00 bits per heavy atom. The molecular formula is C11H24N2O2Si. The zero-order chi connectivity index (χ0) is 11.9. The van der Waals surface area contributed by atoms with Crippen molar-refractivity contribution in [3.8, 4) is 0 Å². The smallest absolute Gasteiger partial charge is 0.334 e. The van der Waals surface area contributed by atoms with Crippen LogP contribution in [0, 0.1) is 0 Å². The molecule has 0 aromatic heterocycles. The Labute approximate surface area is 99.7 Å². The lowest BCUT2D eigenvalue weighted by Gasteiger charge is -2.25. The molecule has 0 fully saturated rings. The second-order valence-electron chi connectivity index (χ2n) is 4.11. The van der Waals surface area contributed by atoms with E-state index < -0.39 is 8.56 Å². The van der Waals surface area contributed by atoms with Crippen molar-refractivity contribution < 1.29 is 8.85 Å². The van der Waals surface area contributed by atoms with Crippen LogP contribution in [-0.4, -0.2) is 40.7 Å². The summed E-state index contributed by atoms with van der Waals surface area (Å²) in [7, 11) is -1.90. The van der Waals surface area contributed by atoms with E-state index in [4.69, 9.17) is 8.85 Å². The van der Waals surface area contributed by atoms with E-state index in [9.17, 15) is 0 Å². The first-order chi connectivity index (χ1) is 7.70. The monoisotopic (exact) mass is 244 g/mol. The molecule has 0 amide bonds. The van der Waals surface area contributed by atoms with Gasteiger partial charge in [0.1, 0.15) is 0 Å². The molecule has 0 aromatic carbocycles. The van der Waals surface area contributed by atoms with Crippen LogP contribution in [0.2, 0.25) is 12.6 Å². The van der Waals surface area contributed by atoms with Crippen LogP contribution in [0.3, 0.4) is 0 Å². The Hall–Kier alpha value is -0.393. The van der Waals surface area contributed by atoms with Crippen molar-refractivity contribution in [2.24, 2.45) is 4.99 Å². The molecule has 0 aromatic rings. The summed E-state index contributed by atoms with van der Waals surface area (Å²) < 4.78 is 11.6. The fourth-order valence-electron chi connectivity index (χ4n) is 1.99. The van der Waals surface area contributed by atoms with Gasteiger partial charge in [0, 0.05) is 26.2 Å². The molecule has 0 radical (unpaired) electrons. The Bertz CT molecular complexity index is 228. The predicted octanol–water partition coefficient (Wildman–Crippen LogP) is 1.91. The summed E-state index contributed by atoms with van der Waals surface area (Å²) >= 11 is 0. The maximum atomic E-state index is 5.79. The number of hydrogen-bond acceptors (Lipinski definition) is 4. The molecular weight excluding hydrogens is 220 g/mol. The van der Waals surface area contributed by atoms with Crippen molar-refractivity contribution in [2.45, 2.75) is 39.3 Å². The van der Waals surface area contributed by atoms with Crippen LogP contribution in [0.1, 0.15) is 26.7 Å². The first kappa shape index (κ1) is 13.7. The molecule has 0 atom stereocenters. The van der Waals surface area contributed by atoms with E-state index >= 15 is 0 Å². The molecule has 5 heteroatoms. The van der Waals surface area contributed by atoms with Crippen molar-refractivity contribution >= 4 is 14.4 Å². The van der Waals surface area contributed by atoms with Gasteiger partial charge in [-0.25, -0.2) is 0 Å². The van der Waals surface area contributed by atoms with Gasteiger partial charge in [0.15, 0.2) is 0 Å². The highest BCUT2D eigenvalue weighted by Crippen LogP contribution is 2.17. The third kappa shape index (κ3) is 4.63. The van der Waals surface area contributed by atoms with Gasteiger partial charge < -0.3 is 14.2 Å². The third-order valence-electron chi connectivity index (χ3n) is 2.69. The van der Waals surface area contributed by atoms with Crippen LogP contribution in [0.5, 0.6) is 0 Å². The lowest BCUT2D eigenvalue weighted by atomic mass is 10.3. The molecule has 0 saturated heterocycles. The number of amidine groups is 1. The average Bonchev–Trinajstić information content (AvgIpc) is 2.71. The number of aliphatic imine (C=N–C) groups is 1. The van der Waals surface area contributed by atoms with E-state index in [2.05, 4.69) is 16.9 Å². The molecule has 1 N–H and O–H groups in total. The van der Waals surface area contributed by atoms with E-state index in [0.717, 1.165) is 51.0 Å². The third-order valence-corrected chi connectivity index (χ3v) is 5.75. The van der Waals surface area contributed by atoms with E-state index in [0.29, 0.717) is 0 Å². The number of nitrogens with one attached hydrogen (secondary N) is 1. The predicted molar refractivity (Wildman–Crippen MR) is 69.2 cm³/mol. The molecule has 1 rings (SSSR count). The fraction of sp³-hybridized carbons (Fsp3) is 0.909. The zero-order valence-electron chi connectivity index (χ0n) is 10.7. The van der Waals surface area contributed by atoms with Crippen molar-refractivity contribution in [1.29, 1.82) is 0 Å². The van der Waals surface area contributed by atoms with E-state index in [1.807, 2.05) is 13.8 Å². The molecule has 94 valence electrons. The minimum Gasteiger partial charge on any atom is -0.395 e. The first-order valence-electron chi connectivity index (χ1n) is 6.25. The topological polar surface area (TPSA) is 42.8 Å². The van der Waals surface area contributed by atoms with Crippen LogP contribution in [0.4, 0.5) is 0 Å². The lowest BCUT2D eigenvalue weighted by Crippen LogP contribution is -2.38. The maximum Gasteiger partial charge on any atom is 0.334 e. The highest BCUT2D eigenvalue weighted by atomic mass is 28.4. The van der Waals surface area contributed by atoms with Crippen LogP contribution in [-0.2, 0) is 8.85 Å². The largest absolute Gasteiger partial charge is 0.395 e. The molecule has 16 heavy (non-hydrogen) atoms. The lowest BCUT2D eigenvalue weighted by molar-refractivity contribution is 0.188. The Balaban J connectivity index is 2.25. The molecule has 1 heterocycles. The van der Waals surface area contributed by atoms with E-state index in [1.165, 1.54) is 0 Å². The summed E-state index contributed by atoms with van der Waals surface area (Å²) in [5.41, 5.74) is 0. The summed E-state index contributed by atoms with van der Waals surface area (Å²) in [6.45, 7) is 9.66. The van der Waals surface area contributed by atoms with Crippen LogP contribution < -0.4 is 5.32 Å². The highest BCUT2D eigenvalue weighted by molar-refractivity contribution is 6.66. The van der Waals surface area contributed by atoms with Crippen molar-refractivity contribution in [2.75, 3.05) is 26.3 Å². The van der Waals surface area contributed by atoms with Crippen LogP contribution >= 0.6 is 0 Å². The second kappa shape index (κ2) is 7.03. The minimum absolute atomic E-state index is 0.752. The molecule has 0 aliphatic carbocycles. The van der Waals surface area contributed by atoms with Gasteiger partial charge in [-0.1, -0.05) is 0 Å². The molecule has 0 unspecified atom stereocenters. The van der Waals surface area contributed by atoms with Gasteiger partial charge in [-0.3, -0.25) is 4.99 Å². The minimum atomic E-state index is -1.90. The Morgan fingerprint density at radius 3 is 2.50 bits per heavy atom. The van der Waals surface area contributed by atoms with Crippen LogP contribution in [0.15, 0.2) is 4.99 Å². The molecule has 1 aliphatic rings. The van der Waals surface area contributed by atoms with E-state index in [1.54, 1.807) is 0 Å². The number of hydrogen-bond donors (Lipinski definition) is 1. The summed E-state index contributed by atoms with van der Waals surface area (Å²) in [4.78, 5) is 4.39. The molecule has 0 spiro atoms. The number of nitrogens with zero attached hydrogens (tertiary/aromatic N) is 1. The van der Waals surface area contributed by atoms with Gasteiger partial charge in [-0.05, 0) is 32.9 Å². The van der Waals surface area contributed by atoms with Gasteiger partial charge in [0.05, 0.1) is 12.4 Å². The quantitative estimate of drug-likeness (QED) is 0.663. The Morgan fingerprint density at radius 1 is 1.31 bits per heavy atom. The fourth-order valence-corrected chi connectivity index (χ4v) is 4.40. The SMILES string of the molecule is CCO[Si](C)(CCCC1=NCCN1)OCC. The van der Waals surface area contributed by atoms with Crippen molar-refractivity contribution in [3.05, 3.63) is 0 Å². The van der Waals surface area contributed by atoms with Gasteiger partial charge in [-0.2, -0.15) is 0 Å². The van der Waals surface area contributed by atoms with Gasteiger partial charge in [-0.15, -0.1) is 0 Å². The Kier molecular flexibility index (Phi) is 6.01. The van der Waals surface area contributed by atoms with Gasteiger partial charge in [0.25, 0.3) is 0 Å². The van der Waals surface area contributed by atoms with Crippen molar-refractivity contribution in [3.63, 3.8) is 0 Å². The summed E-state index contributed by atoms with van der Waals surface area (Å²) in [5.74, 6) is 1.16. The normalized spacial score (nSPS) is 16.1. The van der Waals surface area contributed by atoms with Crippen LogP contribution in [0.25, 0.3) is 0 Å². The molecule has 4 nitrogen and oxygen atoms in total. The summed E-state index contributed by atoms with van der Waals surface area (Å²) in [5, 5.41) is 3.29. The van der Waals surface area contributed by atoms with E-state index in [-0.39, 0.29) is 0 Å².